The van der Waals surface area contributed by atoms with Gasteiger partial charge in [-0.1, -0.05) is 6.07 Å². The molecule has 1 amide bonds. The molecule has 2 heterocycles. The van der Waals surface area contributed by atoms with Gasteiger partial charge in [0.1, 0.15) is 17.7 Å². The average Bonchev–Trinajstić information content (AvgIpc) is 2.67. The molecule has 7 nitrogen and oxygen atoms in total. The fourth-order valence-corrected chi connectivity index (χ4v) is 3.19. The zero-order valence-electron chi connectivity index (χ0n) is 15.3. The van der Waals surface area contributed by atoms with E-state index in [4.69, 9.17) is 19.9 Å². The predicted molar refractivity (Wildman–Crippen MR) is 98.6 cm³/mol. The van der Waals surface area contributed by atoms with Crippen LogP contribution in [-0.2, 0) is 4.74 Å². The summed E-state index contributed by atoms with van der Waals surface area (Å²) in [6.07, 6.45) is 2.04. The summed E-state index contributed by atoms with van der Waals surface area (Å²) in [4.78, 5) is 17.4. The van der Waals surface area contributed by atoms with E-state index in [1.165, 1.54) is 13.2 Å². The van der Waals surface area contributed by atoms with Crippen molar-refractivity contribution < 1.29 is 23.4 Å². The van der Waals surface area contributed by atoms with Gasteiger partial charge < -0.3 is 24.8 Å². The number of carbonyl (C=O) groups excluding carboxylic acids is 1. The number of amides is 1. The topological polar surface area (TPSA) is 86.9 Å². The number of nitrogens with zero attached hydrogens (tertiary/aromatic N) is 2. The smallest absolute Gasteiger partial charge is 0.404 e. The van der Waals surface area contributed by atoms with Crippen molar-refractivity contribution in [2.75, 3.05) is 32.2 Å². The van der Waals surface area contributed by atoms with Crippen LogP contribution in [0.3, 0.4) is 0 Å². The molecule has 0 unspecified atom stereocenters. The number of nitrogens with two attached hydrogens (primary N) is 1. The summed E-state index contributed by atoms with van der Waals surface area (Å²) in [7, 11) is 2.97. The summed E-state index contributed by atoms with van der Waals surface area (Å²) in [5.74, 6) is 1.04. The van der Waals surface area contributed by atoms with E-state index in [1.54, 1.807) is 25.4 Å². The van der Waals surface area contributed by atoms with Crippen molar-refractivity contribution in [2.24, 2.45) is 5.73 Å². The van der Waals surface area contributed by atoms with E-state index >= 15 is 0 Å². The van der Waals surface area contributed by atoms with Crippen LogP contribution in [0.25, 0.3) is 11.1 Å². The Kier molecular flexibility index (Phi) is 5.63. The minimum Gasteiger partial charge on any atom is -0.494 e. The summed E-state index contributed by atoms with van der Waals surface area (Å²) in [5, 5.41) is 0. The van der Waals surface area contributed by atoms with E-state index in [9.17, 15) is 9.18 Å². The van der Waals surface area contributed by atoms with Gasteiger partial charge in [0.15, 0.2) is 11.6 Å². The van der Waals surface area contributed by atoms with Crippen molar-refractivity contribution in [1.82, 2.24) is 4.98 Å². The van der Waals surface area contributed by atoms with Crippen LogP contribution in [0.1, 0.15) is 12.8 Å². The highest BCUT2D eigenvalue weighted by molar-refractivity contribution is 5.73. The molecule has 0 spiro atoms. The van der Waals surface area contributed by atoms with E-state index in [0.717, 1.165) is 11.4 Å². The Labute approximate surface area is 156 Å². The Morgan fingerprint density at radius 3 is 2.48 bits per heavy atom. The standard InChI is InChI=1S/C19H22FN3O4/c1-25-16-4-3-12(9-15(16)20)14-10-18(22-11-17(14)26-2)23-7-5-13(6-8-23)27-19(21)24/h3-4,9-11,13H,5-8H2,1-2H3,(H2,21,24). The van der Waals surface area contributed by atoms with E-state index in [-0.39, 0.29) is 11.9 Å². The van der Waals surface area contributed by atoms with E-state index in [1.807, 2.05) is 6.07 Å². The third-order valence-electron chi connectivity index (χ3n) is 4.58. The van der Waals surface area contributed by atoms with Gasteiger partial charge in [-0.2, -0.15) is 0 Å². The monoisotopic (exact) mass is 375 g/mol. The number of carbonyl (C=O) groups is 1. The fourth-order valence-electron chi connectivity index (χ4n) is 3.19. The highest BCUT2D eigenvalue weighted by atomic mass is 19.1. The lowest BCUT2D eigenvalue weighted by molar-refractivity contribution is 0.0911. The van der Waals surface area contributed by atoms with E-state index < -0.39 is 11.9 Å². The second kappa shape index (κ2) is 8.11. The molecule has 27 heavy (non-hydrogen) atoms. The number of aromatic nitrogens is 1. The molecule has 1 aliphatic rings. The first-order chi connectivity index (χ1) is 13.0. The van der Waals surface area contributed by atoms with Gasteiger partial charge >= 0.3 is 6.09 Å². The van der Waals surface area contributed by atoms with Crippen LogP contribution in [0.2, 0.25) is 0 Å². The minimum atomic E-state index is -0.750. The summed E-state index contributed by atoms with van der Waals surface area (Å²) in [5.41, 5.74) is 6.48. The quantitative estimate of drug-likeness (QED) is 0.865. The number of ether oxygens (including phenoxy) is 3. The molecule has 144 valence electrons. The van der Waals surface area contributed by atoms with Crippen LogP contribution in [0.5, 0.6) is 11.5 Å². The van der Waals surface area contributed by atoms with Crippen molar-refractivity contribution in [3.8, 4) is 22.6 Å². The third-order valence-corrected chi connectivity index (χ3v) is 4.58. The summed E-state index contributed by atoms with van der Waals surface area (Å²) in [6, 6.07) is 6.64. The summed E-state index contributed by atoms with van der Waals surface area (Å²) in [6.45, 7) is 1.35. The number of anilines is 1. The van der Waals surface area contributed by atoms with Crippen LogP contribution in [0, 0.1) is 5.82 Å². The number of piperidine rings is 1. The molecule has 0 saturated carbocycles. The van der Waals surface area contributed by atoms with Gasteiger partial charge in [-0.3, -0.25) is 0 Å². The number of halogens is 1. The van der Waals surface area contributed by atoms with Gasteiger partial charge in [0.2, 0.25) is 0 Å². The lowest BCUT2D eigenvalue weighted by atomic mass is 10.0. The number of hydrogen-bond donors (Lipinski definition) is 1. The molecule has 2 N–H and O–H groups in total. The Hall–Kier alpha value is -3.03. The Morgan fingerprint density at radius 1 is 1.19 bits per heavy atom. The van der Waals surface area contributed by atoms with Gasteiger partial charge in [-0.15, -0.1) is 0 Å². The molecule has 0 atom stereocenters. The molecule has 3 rings (SSSR count). The summed E-state index contributed by atoms with van der Waals surface area (Å²) < 4.78 is 29.6. The van der Waals surface area contributed by atoms with Crippen LogP contribution < -0.4 is 20.1 Å². The normalized spacial score (nSPS) is 14.7. The fraction of sp³-hybridized carbons (Fsp3) is 0.368. The second-order valence-corrected chi connectivity index (χ2v) is 6.22. The van der Waals surface area contributed by atoms with Crippen LogP contribution in [0.4, 0.5) is 15.0 Å². The largest absolute Gasteiger partial charge is 0.494 e. The van der Waals surface area contributed by atoms with Crippen molar-refractivity contribution in [3.63, 3.8) is 0 Å². The molecule has 1 aliphatic heterocycles. The lowest BCUT2D eigenvalue weighted by Crippen LogP contribution is -2.39. The maximum absolute atomic E-state index is 14.1. The van der Waals surface area contributed by atoms with Crippen molar-refractivity contribution in [3.05, 3.63) is 36.3 Å². The molecular weight excluding hydrogens is 353 g/mol. The van der Waals surface area contributed by atoms with Gasteiger partial charge in [0.25, 0.3) is 0 Å². The summed E-state index contributed by atoms with van der Waals surface area (Å²) >= 11 is 0. The SMILES string of the molecule is COc1ccc(-c2cc(N3CCC(OC(N)=O)CC3)ncc2OC)cc1F. The number of methoxy groups -OCH3 is 2. The predicted octanol–water partition coefficient (Wildman–Crippen LogP) is 2.97. The first kappa shape index (κ1) is 18.8. The molecule has 0 radical (unpaired) electrons. The maximum atomic E-state index is 14.1. The van der Waals surface area contributed by atoms with Crippen molar-refractivity contribution in [2.45, 2.75) is 18.9 Å². The van der Waals surface area contributed by atoms with Crippen LogP contribution in [-0.4, -0.2) is 44.5 Å². The first-order valence-electron chi connectivity index (χ1n) is 8.60. The molecule has 0 aliphatic carbocycles. The number of pyridine rings is 1. The lowest BCUT2D eigenvalue weighted by Gasteiger charge is -2.32. The minimum absolute atomic E-state index is 0.174. The number of primary amides is 1. The van der Waals surface area contributed by atoms with E-state index in [0.29, 0.717) is 37.2 Å². The zero-order chi connectivity index (χ0) is 19.4. The number of hydrogen-bond acceptors (Lipinski definition) is 6. The van der Waals surface area contributed by atoms with Crippen LogP contribution >= 0.6 is 0 Å². The molecular formula is C19H22FN3O4. The van der Waals surface area contributed by atoms with Gasteiger partial charge in [-0.25, -0.2) is 14.2 Å². The van der Waals surface area contributed by atoms with Gasteiger partial charge in [-0.05, 0) is 23.8 Å². The maximum Gasteiger partial charge on any atom is 0.404 e. The molecule has 1 fully saturated rings. The zero-order valence-corrected chi connectivity index (χ0v) is 15.3. The van der Waals surface area contributed by atoms with Crippen molar-refractivity contribution >= 4 is 11.9 Å². The first-order valence-corrected chi connectivity index (χ1v) is 8.60. The van der Waals surface area contributed by atoms with Gasteiger partial charge in [0.05, 0.1) is 20.4 Å². The van der Waals surface area contributed by atoms with Gasteiger partial charge in [0, 0.05) is 31.5 Å². The van der Waals surface area contributed by atoms with Crippen molar-refractivity contribution in [1.29, 1.82) is 0 Å². The second-order valence-electron chi connectivity index (χ2n) is 6.22. The molecule has 1 aromatic carbocycles. The molecule has 1 saturated heterocycles. The number of rotatable bonds is 5. The highest BCUT2D eigenvalue weighted by Gasteiger charge is 2.23. The molecule has 1 aromatic heterocycles. The third kappa shape index (κ3) is 4.21. The molecule has 0 bridgehead atoms. The number of benzene rings is 1. The molecule has 8 heteroatoms. The average molecular weight is 375 g/mol. The Bertz CT molecular complexity index is 823. The van der Waals surface area contributed by atoms with E-state index in [2.05, 4.69) is 9.88 Å². The van der Waals surface area contributed by atoms with Crippen LogP contribution in [0.15, 0.2) is 30.5 Å². The highest BCUT2D eigenvalue weighted by Crippen LogP contribution is 2.35. The Balaban J connectivity index is 1.84. The molecule has 2 aromatic rings. The Morgan fingerprint density at radius 2 is 1.89 bits per heavy atom.